The second-order valence-electron chi connectivity index (χ2n) is 3.68. The van der Waals surface area contributed by atoms with E-state index >= 15 is 0 Å². The van der Waals surface area contributed by atoms with Crippen LogP contribution >= 0.6 is 0 Å². The average Bonchev–Trinajstić information content (AvgIpc) is 2.24. The smallest absolute Gasteiger partial charge is 0.134 e. The summed E-state index contributed by atoms with van der Waals surface area (Å²) in [5, 5.41) is 6.58. The first-order chi connectivity index (χ1) is 7.19. The zero-order chi connectivity index (χ0) is 11.3. The quantitative estimate of drug-likeness (QED) is 0.780. The summed E-state index contributed by atoms with van der Waals surface area (Å²) in [7, 11) is 0. The molecule has 1 rings (SSSR count). The molecular formula is C11H20N4. The predicted octanol–water partition coefficient (Wildman–Crippen LogP) is 2.43. The molecule has 1 atom stereocenters. The molecule has 1 aromatic rings. The molecule has 0 aliphatic heterocycles. The van der Waals surface area contributed by atoms with Crippen LogP contribution in [0.5, 0.6) is 0 Å². The predicted molar refractivity (Wildman–Crippen MR) is 64.3 cm³/mol. The van der Waals surface area contributed by atoms with E-state index in [1.807, 2.05) is 6.92 Å². The molecule has 0 amide bonds. The van der Waals surface area contributed by atoms with Crippen molar-refractivity contribution in [3.8, 4) is 0 Å². The van der Waals surface area contributed by atoms with Gasteiger partial charge in [0.2, 0.25) is 0 Å². The maximum absolute atomic E-state index is 4.25. The molecule has 2 N–H and O–H groups in total. The Morgan fingerprint density at radius 1 is 1.27 bits per heavy atom. The van der Waals surface area contributed by atoms with E-state index in [9.17, 15) is 0 Å². The monoisotopic (exact) mass is 208 g/mol. The summed E-state index contributed by atoms with van der Waals surface area (Å²) < 4.78 is 0. The lowest BCUT2D eigenvalue weighted by Gasteiger charge is -2.15. The normalized spacial score (nSPS) is 12.3. The Bertz CT molecular complexity index is 311. The molecule has 84 valence electrons. The van der Waals surface area contributed by atoms with Crippen LogP contribution in [0.15, 0.2) is 6.33 Å². The topological polar surface area (TPSA) is 49.8 Å². The summed E-state index contributed by atoms with van der Waals surface area (Å²) in [6.07, 6.45) is 2.68. The van der Waals surface area contributed by atoms with Crippen molar-refractivity contribution < 1.29 is 0 Å². The van der Waals surface area contributed by atoms with Crippen LogP contribution in [-0.2, 0) is 0 Å². The third kappa shape index (κ3) is 3.08. The summed E-state index contributed by atoms with van der Waals surface area (Å²) in [6, 6.07) is 0.438. The number of nitrogens with one attached hydrogen (secondary N) is 2. The highest BCUT2D eigenvalue weighted by atomic mass is 15.1. The molecule has 0 spiro atoms. The molecule has 0 saturated heterocycles. The van der Waals surface area contributed by atoms with E-state index in [-0.39, 0.29) is 0 Å². The van der Waals surface area contributed by atoms with Crippen LogP contribution in [0.4, 0.5) is 11.6 Å². The Labute approximate surface area is 91.5 Å². The number of hydrogen-bond acceptors (Lipinski definition) is 4. The molecule has 0 aliphatic rings. The zero-order valence-corrected chi connectivity index (χ0v) is 9.96. The third-order valence-electron chi connectivity index (χ3n) is 2.42. The van der Waals surface area contributed by atoms with E-state index in [4.69, 9.17) is 0 Å². The minimum atomic E-state index is 0.438. The standard InChI is InChI=1S/C11H20N4/c1-5-8(3)15-11-9(4)10(12-6-2)13-7-14-11/h7-8H,5-6H2,1-4H3,(H2,12,13,14,15). The van der Waals surface area contributed by atoms with Gasteiger partial charge in [-0.25, -0.2) is 9.97 Å². The fourth-order valence-corrected chi connectivity index (χ4v) is 1.28. The van der Waals surface area contributed by atoms with E-state index in [1.165, 1.54) is 0 Å². The molecule has 1 unspecified atom stereocenters. The fourth-order valence-electron chi connectivity index (χ4n) is 1.28. The van der Waals surface area contributed by atoms with Crippen molar-refractivity contribution in [1.29, 1.82) is 0 Å². The van der Waals surface area contributed by atoms with Gasteiger partial charge < -0.3 is 10.6 Å². The Morgan fingerprint density at radius 3 is 2.53 bits per heavy atom. The highest BCUT2D eigenvalue weighted by Crippen LogP contribution is 2.18. The Morgan fingerprint density at radius 2 is 1.93 bits per heavy atom. The van der Waals surface area contributed by atoms with Crippen molar-refractivity contribution in [1.82, 2.24) is 9.97 Å². The van der Waals surface area contributed by atoms with E-state index in [0.717, 1.165) is 30.2 Å². The largest absolute Gasteiger partial charge is 0.370 e. The van der Waals surface area contributed by atoms with Crippen molar-refractivity contribution in [2.24, 2.45) is 0 Å². The first-order valence-electron chi connectivity index (χ1n) is 5.51. The molecular weight excluding hydrogens is 188 g/mol. The summed E-state index contributed by atoms with van der Waals surface area (Å²) in [6.45, 7) is 9.26. The van der Waals surface area contributed by atoms with Crippen LogP contribution < -0.4 is 10.6 Å². The van der Waals surface area contributed by atoms with Crippen LogP contribution in [-0.4, -0.2) is 22.6 Å². The molecule has 0 bridgehead atoms. The highest BCUT2D eigenvalue weighted by Gasteiger charge is 2.07. The Kier molecular flexibility index (Phi) is 4.34. The first-order valence-corrected chi connectivity index (χ1v) is 5.51. The molecule has 0 radical (unpaired) electrons. The van der Waals surface area contributed by atoms with Gasteiger partial charge in [-0.3, -0.25) is 0 Å². The van der Waals surface area contributed by atoms with Crippen LogP contribution in [0, 0.1) is 6.92 Å². The number of anilines is 2. The highest BCUT2D eigenvalue weighted by molar-refractivity contribution is 5.56. The van der Waals surface area contributed by atoms with Crippen LogP contribution in [0.2, 0.25) is 0 Å². The molecule has 0 aliphatic carbocycles. The molecule has 0 fully saturated rings. The van der Waals surface area contributed by atoms with E-state index < -0.39 is 0 Å². The van der Waals surface area contributed by atoms with Crippen LogP contribution in [0.3, 0.4) is 0 Å². The molecule has 0 saturated carbocycles. The second-order valence-corrected chi connectivity index (χ2v) is 3.68. The van der Waals surface area contributed by atoms with Crippen molar-refractivity contribution in [3.63, 3.8) is 0 Å². The average molecular weight is 208 g/mol. The number of rotatable bonds is 5. The minimum Gasteiger partial charge on any atom is -0.370 e. The van der Waals surface area contributed by atoms with Gasteiger partial charge in [0, 0.05) is 18.2 Å². The molecule has 0 aromatic carbocycles. The fraction of sp³-hybridized carbons (Fsp3) is 0.636. The van der Waals surface area contributed by atoms with E-state index in [2.05, 4.69) is 41.4 Å². The number of aromatic nitrogens is 2. The van der Waals surface area contributed by atoms with Crippen LogP contribution in [0.25, 0.3) is 0 Å². The van der Waals surface area contributed by atoms with Gasteiger partial charge in [-0.2, -0.15) is 0 Å². The molecule has 1 aromatic heterocycles. The van der Waals surface area contributed by atoms with Gasteiger partial charge in [0.05, 0.1) is 0 Å². The summed E-state index contributed by atoms with van der Waals surface area (Å²) in [5.74, 6) is 1.84. The lowest BCUT2D eigenvalue weighted by molar-refractivity contribution is 0.757. The molecule has 15 heavy (non-hydrogen) atoms. The second kappa shape index (κ2) is 5.53. The van der Waals surface area contributed by atoms with Gasteiger partial charge >= 0.3 is 0 Å². The van der Waals surface area contributed by atoms with Crippen molar-refractivity contribution in [2.75, 3.05) is 17.2 Å². The van der Waals surface area contributed by atoms with Gasteiger partial charge in [0.1, 0.15) is 18.0 Å². The lowest BCUT2D eigenvalue weighted by atomic mass is 10.2. The maximum Gasteiger partial charge on any atom is 0.134 e. The number of hydrogen-bond donors (Lipinski definition) is 2. The Hall–Kier alpha value is -1.32. The zero-order valence-electron chi connectivity index (χ0n) is 9.96. The number of nitrogens with zero attached hydrogens (tertiary/aromatic N) is 2. The minimum absolute atomic E-state index is 0.438. The van der Waals surface area contributed by atoms with E-state index in [1.54, 1.807) is 6.33 Å². The maximum atomic E-state index is 4.25. The third-order valence-corrected chi connectivity index (χ3v) is 2.42. The molecule has 1 heterocycles. The van der Waals surface area contributed by atoms with Crippen LogP contribution in [0.1, 0.15) is 32.8 Å². The van der Waals surface area contributed by atoms with Gasteiger partial charge in [-0.05, 0) is 27.2 Å². The van der Waals surface area contributed by atoms with Gasteiger partial charge in [0.25, 0.3) is 0 Å². The lowest BCUT2D eigenvalue weighted by Crippen LogP contribution is -2.16. The summed E-state index contributed by atoms with van der Waals surface area (Å²) >= 11 is 0. The van der Waals surface area contributed by atoms with E-state index in [0.29, 0.717) is 6.04 Å². The van der Waals surface area contributed by atoms with Gasteiger partial charge in [-0.1, -0.05) is 6.92 Å². The van der Waals surface area contributed by atoms with Crippen molar-refractivity contribution >= 4 is 11.6 Å². The van der Waals surface area contributed by atoms with Crippen molar-refractivity contribution in [2.45, 2.75) is 40.2 Å². The molecule has 4 heteroatoms. The molecule has 4 nitrogen and oxygen atoms in total. The van der Waals surface area contributed by atoms with Gasteiger partial charge in [-0.15, -0.1) is 0 Å². The summed E-state index contributed by atoms with van der Waals surface area (Å²) in [5.41, 5.74) is 1.08. The first kappa shape index (κ1) is 11.8. The van der Waals surface area contributed by atoms with Crippen molar-refractivity contribution in [3.05, 3.63) is 11.9 Å². The SMILES string of the molecule is CCNc1ncnc(NC(C)CC)c1C. The Balaban J connectivity index is 2.84. The van der Waals surface area contributed by atoms with Gasteiger partial charge in [0.15, 0.2) is 0 Å². The summed E-state index contributed by atoms with van der Waals surface area (Å²) in [4.78, 5) is 8.45.